The van der Waals surface area contributed by atoms with Crippen LogP contribution in [0.1, 0.15) is 25.8 Å². The first-order valence-electron chi connectivity index (χ1n) is 8.67. The number of rotatable bonds is 10. The van der Waals surface area contributed by atoms with Crippen LogP contribution in [0.2, 0.25) is 0 Å². The van der Waals surface area contributed by atoms with Gasteiger partial charge in [0.1, 0.15) is 17.8 Å². The number of nitrogens with one attached hydrogen (secondary N) is 2. The molecule has 0 aliphatic carbocycles. The summed E-state index contributed by atoms with van der Waals surface area (Å²) in [5.74, 6) is -2.44. The van der Waals surface area contributed by atoms with Gasteiger partial charge in [0, 0.05) is 12.2 Å². The molecule has 8 nitrogen and oxygen atoms in total. The van der Waals surface area contributed by atoms with Crippen LogP contribution in [0.5, 0.6) is 5.75 Å². The number of carbonyl (C=O) groups is 3. The Morgan fingerprint density at radius 3 is 2.15 bits per heavy atom. The molecule has 1 rings (SSSR count). The average molecular weight is 397 g/mol. The number of carbonyl (C=O) groups excluding carboxylic acids is 2. The van der Waals surface area contributed by atoms with Crippen molar-refractivity contribution in [3.63, 3.8) is 0 Å². The van der Waals surface area contributed by atoms with Crippen molar-refractivity contribution in [2.24, 2.45) is 11.7 Å². The predicted octanol–water partition coefficient (Wildman–Crippen LogP) is 0.292. The lowest BCUT2D eigenvalue weighted by molar-refractivity contribution is -0.141. The second kappa shape index (κ2) is 10.8. The van der Waals surface area contributed by atoms with E-state index in [0.717, 1.165) is 0 Å². The maximum absolute atomic E-state index is 12.6. The molecule has 6 N–H and O–H groups in total. The van der Waals surface area contributed by atoms with E-state index in [1.165, 1.54) is 12.1 Å². The fourth-order valence-corrected chi connectivity index (χ4v) is 2.56. The molecule has 0 fully saturated rings. The van der Waals surface area contributed by atoms with Gasteiger partial charge in [0.25, 0.3) is 0 Å². The molecule has 0 radical (unpaired) electrons. The van der Waals surface area contributed by atoms with Gasteiger partial charge in [-0.15, -0.1) is 0 Å². The average Bonchev–Trinajstić information content (AvgIpc) is 2.65. The van der Waals surface area contributed by atoms with Crippen LogP contribution in [0.4, 0.5) is 0 Å². The summed E-state index contributed by atoms with van der Waals surface area (Å²) in [7, 11) is 0. The van der Waals surface area contributed by atoms with Crippen molar-refractivity contribution in [3.8, 4) is 5.75 Å². The summed E-state index contributed by atoms with van der Waals surface area (Å²) in [6.07, 6.45) is 0.814. The van der Waals surface area contributed by atoms with E-state index in [1.807, 2.05) is 13.8 Å². The first-order valence-corrected chi connectivity index (χ1v) is 9.30. The van der Waals surface area contributed by atoms with E-state index in [0.29, 0.717) is 12.0 Å². The smallest absolute Gasteiger partial charge is 0.327 e. The highest BCUT2D eigenvalue weighted by Crippen LogP contribution is 2.12. The number of phenols is 1. The summed E-state index contributed by atoms with van der Waals surface area (Å²) in [5, 5.41) is 23.5. The van der Waals surface area contributed by atoms with Gasteiger partial charge in [-0.05, 0) is 23.6 Å². The Balaban J connectivity index is 2.96. The van der Waals surface area contributed by atoms with Crippen LogP contribution < -0.4 is 16.4 Å². The van der Waals surface area contributed by atoms with Gasteiger partial charge in [0.2, 0.25) is 11.8 Å². The Bertz CT molecular complexity index is 653. The van der Waals surface area contributed by atoms with Crippen molar-refractivity contribution in [3.05, 3.63) is 29.8 Å². The summed E-state index contributed by atoms with van der Waals surface area (Å²) in [5.41, 5.74) is 6.61. The molecular weight excluding hydrogens is 370 g/mol. The molecule has 0 bridgehead atoms. The monoisotopic (exact) mass is 397 g/mol. The van der Waals surface area contributed by atoms with Crippen molar-refractivity contribution in [2.75, 3.05) is 5.75 Å². The molecule has 0 spiro atoms. The van der Waals surface area contributed by atoms with E-state index in [2.05, 4.69) is 23.3 Å². The summed E-state index contributed by atoms with van der Waals surface area (Å²) in [4.78, 5) is 36.1. The predicted molar refractivity (Wildman–Crippen MR) is 105 cm³/mol. The third kappa shape index (κ3) is 7.10. The molecule has 2 amide bonds. The number of amides is 2. The quantitative estimate of drug-likeness (QED) is 0.314. The molecule has 0 heterocycles. The minimum Gasteiger partial charge on any atom is -0.508 e. The summed E-state index contributed by atoms with van der Waals surface area (Å²) in [6, 6.07) is 3.18. The largest absolute Gasteiger partial charge is 0.508 e. The fraction of sp³-hybridized carbons (Fsp3) is 0.500. The second-order valence-electron chi connectivity index (χ2n) is 6.43. The van der Waals surface area contributed by atoms with Crippen molar-refractivity contribution in [1.29, 1.82) is 0 Å². The maximum Gasteiger partial charge on any atom is 0.327 e. The minimum atomic E-state index is -1.22. The molecule has 0 saturated heterocycles. The Kier molecular flexibility index (Phi) is 9.10. The van der Waals surface area contributed by atoms with Crippen LogP contribution in [-0.4, -0.2) is 51.9 Å². The molecule has 0 aliphatic heterocycles. The van der Waals surface area contributed by atoms with Crippen LogP contribution in [0.3, 0.4) is 0 Å². The third-order valence-corrected chi connectivity index (χ3v) is 4.73. The molecule has 1 aromatic carbocycles. The Labute approximate surface area is 163 Å². The van der Waals surface area contributed by atoms with Crippen molar-refractivity contribution >= 4 is 30.4 Å². The van der Waals surface area contributed by atoms with E-state index >= 15 is 0 Å². The molecule has 4 atom stereocenters. The number of carboxylic acid groups (broad SMARTS) is 1. The molecule has 0 unspecified atom stereocenters. The van der Waals surface area contributed by atoms with Gasteiger partial charge in [-0.1, -0.05) is 32.4 Å². The summed E-state index contributed by atoms with van der Waals surface area (Å²) < 4.78 is 0. The van der Waals surface area contributed by atoms with Crippen molar-refractivity contribution < 1.29 is 24.6 Å². The number of carboxylic acids is 1. The van der Waals surface area contributed by atoms with Crippen LogP contribution in [0.15, 0.2) is 24.3 Å². The van der Waals surface area contributed by atoms with Crippen LogP contribution in [0.25, 0.3) is 0 Å². The number of hydrogen-bond donors (Lipinski definition) is 6. The zero-order valence-corrected chi connectivity index (χ0v) is 16.3. The van der Waals surface area contributed by atoms with E-state index in [-0.39, 0.29) is 23.8 Å². The number of phenolic OH excluding ortho intramolecular Hbond substituents is 1. The van der Waals surface area contributed by atoms with Crippen LogP contribution in [-0.2, 0) is 20.8 Å². The third-order valence-electron chi connectivity index (χ3n) is 4.37. The SMILES string of the molecule is CC[C@H](C)[C@H](N)C(=O)N[C@@H](Cc1ccc(O)cc1)C(=O)N[C@@H](CS)C(=O)O. The zero-order valence-electron chi connectivity index (χ0n) is 15.4. The summed E-state index contributed by atoms with van der Waals surface area (Å²) >= 11 is 3.92. The second-order valence-corrected chi connectivity index (χ2v) is 6.79. The molecule has 27 heavy (non-hydrogen) atoms. The van der Waals surface area contributed by atoms with Gasteiger partial charge in [0.05, 0.1) is 6.04 Å². The summed E-state index contributed by atoms with van der Waals surface area (Å²) in [6.45, 7) is 3.74. The number of aliphatic carboxylic acids is 1. The minimum absolute atomic E-state index is 0.0728. The van der Waals surface area contributed by atoms with Crippen molar-refractivity contribution in [2.45, 2.75) is 44.8 Å². The van der Waals surface area contributed by atoms with E-state index in [4.69, 9.17) is 10.8 Å². The lowest BCUT2D eigenvalue weighted by Crippen LogP contribution is -2.56. The Morgan fingerprint density at radius 2 is 1.67 bits per heavy atom. The molecule has 0 aromatic heterocycles. The van der Waals surface area contributed by atoms with Crippen molar-refractivity contribution in [1.82, 2.24) is 10.6 Å². The topological polar surface area (TPSA) is 142 Å². The molecule has 150 valence electrons. The highest BCUT2D eigenvalue weighted by Gasteiger charge is 2.28. The number of thiol groups is 1. The fourth-order valence-electron chi connectivity index (χ4n) is 2.32. The Morgan fingerprint density at radius 1 is 1.11 bits per heavy atom. The van der Waals surface area contributed by atoms with E-state index in [1.54, 1.807) is 12.1 Å². The molecule has 0 aliphatic rings. The standard InChI is InChI=1S/C18H27N3O5S/c1-3-10(2)15(19)17(24)20-13(8-11-4-6-12(22)7-5-11)16(23)21-14(9-27)18(25)26/h4-7,10,13-15,22,27H,3,8-9,19H2,1-2H3,(H,20,24)(H,21,23)(H,25,26)/t10-,13-,14-,15-/m0/s1. The van der Waals surface area contributed by atoms with Gasteiger partial charge >= 0.3 is 5.97 Å². The number of hydrogen-bond acceptors (Lipinski definition) is 6. The molecule has 9 heteroatoms. The van der Waals surface area contributed by atoms with Gasteiger partial charge in [-0.3, -0.25) is 9.59 Å². The van der Waals surface area contributed by atoms with Gasteiger partial charge in [-0.25, -0.2) is 4.79 Å². The van der Waals surface area contributed by atoms with Gasteiger partial charge in [-0.2, -0.15) is 12.6 Å². The first kappa shape index (κ1) is 22.8. The lowest BCUT2D eigenvalue weighted by atomic mass is 9.98. The van der Waals surface area contributed by atoms with Gasteiger partial charge < -0.3 is 26.6 Å². The van der Waals surface area contributed by atoms with Crippen LogP contribution in [0, 0.1) is 5.92 Å². The number of nitrogens with two attached hydrogens (primary N) is 1. The van der Waals surface area contributed by atoms with Gasteiger partial charge in [0.15, 0.2) is 0 Å². The normalized spacial score (nSPS) is 15.3. The number of aromatic hydroxyl groups is 1. The lowest BCUT2D eigenvalue weighted by Gasteiger charge is -2.24. The van der Waals surface area contributed by atoms with E-state index in [9.17, 15) is 19.5 Å². The number of benzene rings is 1. The molecule has 1 aromatic rings. The highest BCUT2D eigenvalue weighted by atomic mass is 32.1. The maximum atomic E-state index is 12.6. The molecule has 0 saturated carbocycles. The zero-order chi connectivity index (χ0) is 20.6. The highest BCUT2D eigenvalue weighted by molar-refractivity contribution is 7.80. The Hall–Kier alpha value is -2.26. The molecular formula is C18H27N3O5S. The van der Waals surface area contributed by atoms with E-state index < -0.39 is 35.9 Å². The van der Waals surface area contributed by atoms with Crippen LogP contribution >= 0.6 is 12.6 Å². The first-order chi connectivity index (χ1) is 12.7.